The lowest BCUT2D eigenvalue weighted by atomic mass is 10.0. The van der Waals surface area contributed by atoms with Crippen molar-refractivity contribution in [2.24, 2.45) is 11.7 Å². The van der Waals surface area contributed by atoms with Gasteiger partial charge in [0.15, 0.2) is 0 Å². The van der Waals surface area contributed by atoms with Gasteiger partial charge in [-0.15, -0.1) is 11.3 Å². The third-order valence-corrected chi connectivity index (χ3v) is 5.82. The number of aryl methyl sites for hydroxylation is 1. The van der Waals surface area contributed by atoms with Gasteiger partial charge in [-0.3, -0.25) is 5.10 Å². The van der Waals surface area contributed by atoms with E-state index in [1.54, 1.807) is 6.92 Å². The highest BCUT2D eigenvalue weighted by Crippen LogP contribution is 2.28. The van der Waals surface area contributed by atoms with Gasteiger partial charge in [-0.25, -0.2) is 13.1 Å². The molecule has 0 saturated carbocycles. The van der Waals surface area contributed by atoms with Crippen molar-refractivity contribution in [3.63, 3.8) is 0 Å². The number of nitrogens with one attached hydrogen (secondary N) is 2. The maximum atomic E-state index is 12.7. The fraction of sp³-hybridized carbons (Fsp3) is 0.462. The summed E-state index contributed by atoms with van der Waals surface area (Å²) in [5.74, 6) is 0.131. The summed E-state index contributed by atoms with van der Waals surface area (Å²) in [7, 11) is -3.68. The second kappa shape index (κ2) is 6.27. The number of rotatable bonds is 6. The van der Waals surface area contributed by atoms with Crippen LogP contribution in [0.5, 0.6) is 0 Å². The lowest BCUT2D eigenvalue weighted by Crippen LogP contribution is -2.32. The first-order valence-corrected chi connectivity index (χ1v) is 9.02. The van der Waals surface area contributed by atoms with Crippen molar-refractivity contribution in [3.8, 4) is 0 Å². The first-order valence-electron chi connectivity index (χ1n) is 6.66. The molecule has 21 heavy (non-hydrogen) atoms. The van der Waals surface area contributed by atoms with Crippen LogP contribution >= 0.6 is 11.3 Å². The van der Waals surface area contributed by atoms with Gasteiger partial charge in [0.25, 0.3) is 0 Å². The van der Waals surface area contributed by atoms with Crippen LogP contribution in [0.15, 0.2) is 22.4 Å². The van der Waals surface area contributed by atoms with Crippen LogP contribution in [0.2, 0.25) is 0 Å². The van der Waals surface area contributed by atoms with Crippen LogP contribution in [0.3, 0.4) is 0 Å². The Labute approximate surface area is 128 Å². The van der Waals surface area contributed by atoms with Crippen molar-refractivity contribution in [2.75, 3.05) is 0 Å². The molecule has 0 radical (unpaired) electrons. The average molecular weight is 328 g/mol. The van der Waals surface area contributed by atoms with E-state index < -0.39 is 10.0 Å². The number of aromatic nitrogens is 2. The third-order valence-electron chi connectivity index (χ3n) is 3.22. The minimum Gasteiger partial charge on any atom is -0.325 e. The molecule has 2 aromatic rings. The largest absolute Gasteiger partial charge is 0.325 e. The van der Waals surface area contributed by atoms with Crippen LogP contribution < -0.4 is 10.5 Å². The van der Waals surface area contributed by atoms with E-state index in [2.05, 4.69) is 14.9 Å². The normalized spacial score (nSPS) is 13.8. The Morgan fingerprint density at radius 1 is 1.48 bits per heavy atom. The topological polar surface area (TPSA) is 101 Å². The Morgan fingerprint density at radius 2 is 2.19 bits per heavy atom. The van der Waals surface area contributed by atoms with Crippen LogP contribution in [0, 0.1) is 12.8 Å². The quantitative estimate of drug-likeness (QED) is 0.754. The predicted molar refractivity (Wildman–Crippen MR) is 83.4 cm³/mol. The van der Waals surface area contributed by atoms with Crippen LogP contribution in [0.25, 0.3) is 0 Å². The molecule has 4 N–H and O–H groups in total. The van der Waals surface area contributed by atoms with E-state index in [1.807, 2.05) is 31.4 Å². The van der Waals surface area contributed by atoms with Crippen molar-refractivity contribution in [2.45, 2.75) is 38.3 Å². The second-order valence-corrected chi connectivity index (χ2v) is 7.82. The van der Waals surface area contributed by atoms with E-state index in [9.17, 15) is 8.42 Å². The molecule has 2 rings (SSSR count). The van der Waals surface area contributed by atoms with Crippen LogP contribution in [-0.2, 0) is 16.6 Å². The SMILES string of the molecule is Cc1[nH]nc(CN)c1S(=O)(=O)NC(c1cccs1)C(C)C. The summed E-state index contributed by atoms with van der Waals surface area (Å²) in [4.78, 5) is 1.15. The molecule has 116 valence electrons. The fourth-order valence-corrected chi connectivity index (χ4v) is 4.94. The zero-order valence-corrected chi connectivity index (χ0v) is 13.9. The van der Waals surface area contributed by atoms with Gasteiger partial charge < -0.3 is 5.73 Å². The molecule has 0 aliphatic carbocycles. The number of sulfonamides is 1. The van der Waals surface area contributed by atoms with Gasteiger partial charge in [-0.05, 0) is 24.3 Å². The van der Waals surface area contributed by atoms with Crippen molar-refractivity contribution < 1.29 is 8.42 Å². The van der Waals surface area contributed by atoms with E-state index in [0.717, 1.165) is 4.88 Å². The maximum absolute atomic E-state index is 12.7. The lowest BCUT2D eigenvalue weighted by molar-refractivity contribution is 0.468. The molecular weight excluding hydrogens is 308 g/mol. The van der Waals surface area contributed by atoms with Crippen LogP contribution in [0.1, 0.15) is 36.2 Å². The highest BCUT2D eigenvalue weighted by molar-refractivity contribution is 7.89. The minimum absolute atomic E-state index is 0.0753. The number of aromatic amines is 1. The van der Waals surface area contributed by atoms with Gasteiger partial charge in [0, 0.05) is 11.4 Å². The Balaban J connectivity index is 2.38. The fourth-order valence-electron chi connectivity index (χ4n) is 2.18. The summed E-state index contributed by atoms with van der Waals surface area (Å²) in [5.41, 5.74) is 6.43. The Bertz CT molecular complexity index is 690. The maximum Gasteiger partial charge on any atom is 0.244 e. The standard InChI is InChI=1S/C13H20N4O2S2/c1-8(2)12(11-5-4-6-20-11)17-21(18,19)13-9(3)15-16-10(13)7-14/h4-6,8,12,17H,7,14H2,1-3H3,(H,15,16). The highest BCUT2D eigenvalue weighted by atomic mass is 32.2. The van der Waals surface area contributed by atoms with Crippen molar-refractivity contribution in [1.29, 1.82) is 0 Å². The van der Waals surface area contributed by atoms with Crippen LogP contribution in [0.4, 0.5) is 0 Å². The van der Waals surface area contributed by atoms with Gasteiger partial charge in [-0.2, -0.15) is 5.10 Å². The smallest absolute Gasteiger partial charge is 0.244 e. The molecule has 0 aliphatic rings. The van der Waals surface area contributed by atoms with Crippen molar-refractivity contribution in [3.05, 3.63) is 33.8 Å². The first kappa shape index (κ1) is 16.2. The summed E-state index contributed by atoms with van der Waals surface area (Å²) in [6.07, 6.45) is 0. The molecule has 1 atom stereocenters. The molecular formula is C13H20N4O2S2. The summed E-state index contributed by atoms with van der Waals surface area (Å²) in [5, 5.41) is 8.57. The summed E-state index contributed by atoms with van der Waals surface area (Å²) < 4.78 is 28.1. The molecule has 0 saturated heterocycles. The molecule has 0 spiro atoms. The Kier molecular flexibility index (Phi) is 4.82. The molecule has 0 bridgehead atoms. The molecule has 0 aliphatic heterocycles. The average Bonchev–Trinajstić information content (AvgIpc) is 3.04. The number of nitrogens with two attached hydrogens (primary N) is 1. The molecule has 0 aromatic carbocycles. The lowest BCUT2D eigenvalue weighted by Gasteiger charge is -2.21. The molecule has 2 heterocycles. The zero-order chi connectivity index (χ0) is 15.6. The van der Waals surface area contributed by atoms with Gasteiger partial charge in [0.1, 0.15) is 4.90 Å². The van der Waals surface area contributed by atoms with Crippen molar-refractivity contribution in [1.82, 2.24) is 14.9 Å². The Hall–Kier alpha value is -1.22. The summed E-state index contributed by atoms with van der Waals surface area (Å²) >= 11 is 1.54. The number of hydrogen-bond acceptors (Lipinski definition) is 5. The van der Waals surface area contributed by atoms with Crippen molar-refractivity contribution >= 4 is 21.4 Å². The van der Waals surface area contributed by atoms with Gasteiger partial charge in [0.2, 0.25) is 10.0 Å². The first-order chi connectivity index (χ1) is 9.86. The molecule has 0 fully saturated rings. The third kappa shape index (κ3) is 3.34. The number of nitrogens with zero attached hydrogens (tertiary/aromatic N) is 1. The molecule has 6 nitrogen and oxygen atoms in total. The molecule has 2 aromatic heterocycles. The molecule has 0 amide bonds. The summed E-state index contributed by atoms with van der Waals surface area (Å²) in [6.45, 7) is 5.72. The number of H-pyrrole nitrogens is 1. The molecule has 1 unspecified atom stereocenters. The highest BCUT2D eigenvalue weighted by Gasteiger charge is 2.29. The number of thiophene rings is 1. The van der Waals surface area contributed by atoms with E-state index in [0.29, 0.717) is 11.4 Å². The number of hydrogen-bond donors (Lipinski definition) is 3. The van der Waals surface area contributed by atoms with Gasteiger partial charge in [-0.1, -0.05) is 19.9 Å². The molecule has 8 heteroatoms. The van der Waals surface area contributed by atoms with E-state index in [-0.39, 0.29) is 23.4 Å². The van der Waals surface area contributed by atoms with Crippen LogP contribution in [-0.4, -0.2) is 18.6 Å². The summed E-state index contributed by atoms with van der Waals surface area (Å²) in [6, 6.07) is 3.58. The predicted octanol–water partition coefficient (Wildman–Crippen LogP) is 1.91. The zero-order valence-electron chi connectivity index (χ0n) is 12.3. The van der Waals surface area contributed by atoms with E-state index >= 15 is 0 Å². The van der Waals surface area contributed by atoms with E-state index in [4.69, 9.17) is 5.73 Å². The minimum atomic E-state index is -3.68. The second-order valence-electron chi connectivity index (χ2n) is 5.19. The van der Waals surface area contributed by atoms with E-state index in [1.165, 1.54) is 11.3 Å². The monoisotopic (exact) mass is 328 g/mol. The van der Waals surface area contributed by atoms with Gasteiger partial charge in [0.05, 0.1) is 17.4 Å². The Morgan fingerprint density at radius 3 is 2.71 bits per heavy atom. The van der Waals surface area contributed by atoms with Gasteiger partial charge >= 0.3 is 0 Å².